The van der Waals surface area contributed by atoms with Crippen molar-refractivity contribution in [1.82, 2.24) is 0 Å². The second-order valence-electron chi connectivity index (χ2n) is 5.67. The van der Waals surface area contributed by atoms with Gasteiger partial charge < -0.3 is 7.75 Å². The fraction of sp³-hybridized carbons (Fsp3) is 1.00. The summed E-state index contributed by atoms with van der Waals surface area (Å²) >= 11 is 0. The molecule has 0 unspecified atom stereocenters. The van der Waals surface area contributed by atoms with Crippen LogP contribution in [-0.4, -0.2) is 63.6 Å². The van der Waals surface area contributed by atoms with Gasteiger partial charge in [-0.05, 0) is 12.8 Å². The quantitative estimate of drug-likeness (QED) is 0.201. The third-order valence-corrected chi connectivity index (χ3v) is 4.52. The molecule has 0 aliphatic rings. The molecule has 0 aromatic carbocycles. The van der Waals surface area contributed by atoms with Crippen LogP contribution in [0.25, 0.3) is 0 Å². The van der Waals surface area contributed by atoms with Gasteiger partial charge in [-0.3, -0.25) is 9.05 Å². The van der Waals surface area contributed by atoms with Gasteiger partial charge in [0.15, 0.2) is 0 Å². The van der Waals surface area contributed by atoms with E-state index in [1.165, 1.54) is 51.4 Å². The maximum atomic E-state index is 11.6. The molecule has 0 bridgehead atoms. The average Bonchev–Trinajstić information content (AvgIpc) is 2.45. The Labute approximate surface area is 177 Å². The number of unbranched alkanes of at least 4 members (excludes halogenated alkanes) is 10. The molecule has 6 heteroatoms. The van der Waals surface area contributed by atoms with E-state index in [1.807, 2.05) is 0 Å². The summed E-state index contributed by atoms with van der Waals surface area (Å²) in [5.74, 6) is 0. The van der Waals surface area contributed by atoms with E-state index in [9.17, 15) is 9.46 Å². The molecule has 0 aromatic rings. The summed E-state index contributed by atoms with van der Waals surface area (Å²) in [5.41, 5.74) is 0. The molecule has 0 aliphatic carbocycles. The summed E-state index contributed by atoms with van der Waals surface area (Å²) in [4.78, 5) is 9.51. The second-order valence-corrected chi connectivity index (χ2v) is 7.12. The van der Waals surface area contributed by atoms with Crippen molar-refractivity contribution in [1.29, 1.82) is 0 Å². The van der Waals surface area contributed by atoms with Crippen molar-refractivity contribution >= 4 is 53.3 Å². The first kappa shape index (κ1) is 25.8. The number of hydrogen-bond donors (Lipinski definition) is 1. The molecule has 0 aromatic heterocycles. The molecule has 0 aliphatic heterocycles. The zero-order chi connectivity index (χ0) is 15.8. The summed E-state index contributed by atoms with van der Waals surface area (Å²) in [5, 5.41) is 0. The van der Waals surface area contributed by atoms with Crippen LogP contribution in [0, 0.1) is 0 Å². The molecule has 0 saturated heterocycles. The molecular formula is C16H37O4PSr. The minimum atomic E-state index is -3.82. The zero-order valence-electron chi connectivity index (χ0n) is 16.7. The van der Waals surface area contributed by atoms with Crippen LogP contribution in [0.2, 0.25) is 0 Å². The Hall–Kier alpha value is 1.59. The Morgan fingerprint density at radius 1 is 0.727 bits per heavy atom. The molecule has 0 amide bonds. The van der Waals surface area contributed by atoms with E-state index < -0.39 is 7.82 Å². The molecule has 0 radical (unpaired) electrons. The molecule has 0 rings (SSSR count). The van der Waals surface area contributed by atoms with Crippen LogP contribution in [0.3, 0.4) is 0 Å². The van der Waals surface area contributed by atoms with Gasteiger partial charge in [-0.15, -0.1) is 0 Å². The first-order chi connectivity index (χ1) is 10.1. The van der Waals surface area contributed by atoms with Crippen molar-refractivity contribution < 1.29 is 21.4 Å². The van der Waals surface area contributed by atoms with E-state index in [4.69, 9.17) is 9.05 Å². The van der Waals surface area contributed by atoms with E-state index in [1.54, 1.807) is 0 Å². The van der Waals surface area contributed by atoms with Crippen LogP contribution < -0.4 is 0 Å². The average molecular weight is 412 g/mol. The summed E-state index contributed by atoms with van der Waals surface area (Å²) in [6.07, 6.45) is 13.6. The Morgan fingerprint density at radius 2 is 1.05 bits per heavy atom. The molecule has 1 N–H and O–H groups in total. The van der Waals surface area contributed by atoms with Gasteiger partial charge in [0.25, 0.3) is 0 Å². The number of phosphoric acid groups is 1. The van der Waals surface area contributed by atoms with Crippen LogP contribution in [0.15, 0.2) is 0 Å². The third-order valence-electron chi connectivity index (χ3n) is 3.50. The van der Waals surface area contributed by atoms with Gasteiger partial charge in [0, 0.05) is 0 Å². The van der Waals surface area contributed by atoms with Crippen LogP contribution in [-0.2, 0) is 13.6 Å². The number of phosphoric ester groups is 1. The Kier molecular flexibility index (Phi) is 22.2. The van der Waals surface area contributed by atoms with Gasteiger partial charge in [-0.25, -0.2) is 4.57 Å². The van der Waals surface area contributed by atoms with Crippen molar-refractivity contribution in [2.24, 2.45) is 0 Å². The van der Waals surface area contributed by atoms with E-state index in [-0.39, 0.29) is 48.3 Å². The maximum absolute atomic E-state index is 11.6. The Balaban J connectivity index is -0.000000667. The Morgan fingerprint density at radius 3 is 1.41 bits per heavy atom. The fourth-order valence-corrected chi connectivity index (χ4v) is 2.96. The fourth-order valence-electron chi connectivity index (χ4n) is 2.16. The summed E-state index contributed by atoms with van der Waals surface area (Å²) in [7, 11) is -3.82. The number of rotatable bonds is 16. The largest absolute Gasteiger partial charge is 2.00 e. The van der Waals surface area contributed by atoms with Gasteiger partial charge in [-0.2, -0.15) is 0 Å². The van der Waals surface area contributed by atoms with Gasteiger partial charge in [0.05, 0.1) is 13.2 Å². The van der Waals surface area contributed by atoms with E-state index in [0.717, 1.165) is 25.7 Å². The first-order valence-electron chi connectivity index (χ1n) is 8.74. The number of hydrogen-bond acceptors (Lipinski definition) is 3. The first-order valence-corrected chi connectivity index (χ1v) is 10.2. The van der Waals surface area contributed by atoms with Gasteiger partial charge in [0.2, 0.25) is 0 Å². The van der Waals surface area contributed by atoms with E-state index in [2.05, 4.69) is 13.8 Å². The van der Waals surface area contributed by atoms with Gasteiger partial charge in [-0.1, -0.05) is 78.1 Å². The molecule has 0 atom stereocenters. The predicted molar refractivity (Wildman–Crippen MR) is 96.5 cm³/mol. The third kappa shape index (κ3) is 19.6. The van der Waals surface area contributed by atoms with E-state index in [0.29, 0.717) is 13.2 Å². The van der Waals surface area contributed by atoms with Crippen LogP contribution in [0.5, 0.6) is 0 Å². The monoisotopic (exact) mass is 412 g/mol. The summed E-state index contributed by atoms with van der Waals surface area (Å²) < 4.78 is 21.5. The molecule has 0 spiro atoms. The van der Waals surface area contributed by atoms with Crippen LogP contribution in [0.4, 0.5) is 0 Å². The standard InChI is InChI=1S/C16H35O4P.Sr.2H/c1-3-5-7-9-11-13-15-19-21(17,18)20-16-14-12-10-8-6-4-2;;;/h3-16H2,1-2H3,(H,17,18);;;/q;+2;2*-1. The van der Waals surface area contributed by atoms with Crippen molar-refractivity contribution in [2.75, 3.05) is 13.2 Å². The molecule has 0 saturated carbocycles. The van der Waals surface area contributed by atoms with Crippen molar-refractivity contribution in [2.45, 2.75) is 90.9 Å². The minimum absolute atomic E-state index is 0. The molecule has 0 heterocycles. The maximum Gasteiger partial charge on any atom is 2.00 e. The topological polar surface area (TPSA) is 55.8 Å². The smallest absolute Gasteiger partial charge is 1.00 e. The summed E-state index contributed by atoms with van der Waals surface area (Å²) in [6, 6.07) is 0. The zero-order valence-corrected chi connectivity index (χ0v) is 19.1. The summed E-state index contributed by atoms with van der Waals surface area (Å²) in [6.45, 7) is 5.01. The van der Waals surface area contributed by atoms with Crippen LogP contribution >= 0.6 is 7.82 Å². The molecule has 0 fully saturated rings. The Bertz CT molecular complexity index is 252. The normalized spacial score (nSPS) is 11.4. The molecule has 22 heavy (non-hydrogen) atoms. The van der Waals surface area contributed by atoms with Crippen molar-refractivity contribution in [3.8, 4) is 0 Å². The molecule has 4 nitrogen and oxygen atoms in total. The van der Waals surface area contributed by atoms with Gasteiger partial charge in [0.1, 0.15) is 0 Å². The molecule has 132 valence electrons. The van der Waals surface area contributed by atoms with Crippen molar-refractivity contribution in [3.63, 3.8) is 0 Å². The minimum Gasteiger partial charge on any atom is -1.00 e. The second kappa shape index (κ2) is 18.9. The SMILES string of the molecule is CCCCCCCCOP(=O)(O)OCCCCCCCC.[H-].[H-].[Sr+2]. The van der Waals surface area contributed by atoms with Crippen LogP contribution in [0.1, 0.15) is 93.8 Å². The van der Waals surface area contributed by atoms with Crippen molar-refractivity contribution in [3.05, 3.63) is 0 Å². The van der Waals surface area contributed by atoms with E-state index >= 15 is 0 Å². The van der Waals surface area contributed by atoms with Gasteiger partial charge >= 0.3 is 53.3 Å². The predicted octanol–water partition coefficient (Wildman–Crippen LogP) is 5.69. The molecular weight excluding hydrogens is 375 g/mol.